The van der Waals surface area contributed by atoms with E-state index in [4.69, 9.17) is 4.74 Å². The fourth-order valence-corrected chi connectivity index (χ4v) is 2.29. The fourth-order valence-electron chi connectivity index (χ4n) is 2.29. The molecule has 0 saturated carbocycles. The summed E-state index contributed by atoms with van der Waals surface area (Å²) in [4.78, 5) is 27.4. The lowest BCUT2D eigenvalue weighted by Gasteiger charge is -2.22. The molecule has 1 aliphatic rings. The molecule has 3 heterocycles. The summed E-state index contributed by atoms with van der Waals surface area (Å²) in [6, 6.07) is 1.29. The molecular formula is C13H16N6O3. The minimum absolute atomic E-state index is 0.218. The zero-order valence-corrected chi connectivity index (χ0v) is 12.0. The number of fused-ring (bicyclic) bond motifs is 1. The van der Waals surface area contributed by atoms with Crippen LogP contribution in [0.2, 0.25) is 0 Å². The van der Waals surface area contributed by atoms with Gasteiger partial charge in [-0.15, -0.1) is 0 Å². The van der Waals surface area contributed by atoms with Crippen LogP contribution in [0.5, 0.6) is 0 Å². The number of imide groups is 1. The largest absolute Gasteiger partial charge is 0.383 e. The van der Waals surface area contributed by atoms with Crippen molar-refractivity contribution in [3.05, 3.63) is 24.2 Å². The molecule has 1 unspecified atom stereocenters. The highest BCUT2D eigenvalue weighted by Gasteiger charge is 2.29. The number of nitrogens with zero attached hydrogens (tertiary/aromatic N) is 3. The normalized spacial score (nSPS) is 18.1. The van der Waals surface area contributed by atoms with Crippen LogP contribution in [0.25, 0.3) is 5.65 Å². The second kappa shape index (κ2) is 5.98. The third kappa shape index (κ3) is 2.70. The van der Waals surface area contributed by atoms with Crippen LogP contribution in [-0.4, -0.2) is 53.3 Å². The Morgan fingerprint density at radius 3 is 3.14 bits per heavy atom. The lowest BCUT2D eigenvalue weighted by Crippen LogP contribution is -2.51. The smallest absolute Gasteiger partial charge is 0.321 e. The average molecular weight is 304 g/mol. The number of urea groups is 1. The zero-order chi connectivity index (χ0) is 15.5. The van der Waals surface area contributed by atoms with E-state index in [9.17, 15) is 9.59 Å². The van der Waals surface area contributed by atoms with Gasteiger partial charge in [0.1, 0.15) is 0 Å². The molecule has 0 radical (unpaired) electrons. The van der Waals surface area contributed by atoms with Gasteiger partial charge in [-0.1, -0.05) is 0 Å². The molecule has 1 aliphatic heterocycles. The molecule has 0 aromatic carbocycles. The molecule has 2 aromatic heterocycles. The number of nitrogens with one attached hydrogen (secondary N) is 3. The van der Waals surface area contributed by atoms with Crippen LogP contribution in [0.1, 0.15) is 11.6 Å². The third-order valence-corrected chi connectivity index (χ3v) is 3.38. The van der Waals surface area contributed by atoms with Gasteiger partial charge in [0, 0.05) is 32.6 Å². The second-order valence-electron chi connectivity index (χ2n) is 4.85. The number of methoxy groups -OCH3 is 1. The van der Waals surface area contributed by atoms with Gasteiger partial charge in [-0.05, 0) is 6.07 Å². The first-order valence-corrected chi connectivity index (χ1v) is 6.85. The summed E-state index contributed by atoms with van der Waals surface area (Å²) in [5.74, 6) is -0.897. The number of amides is 3. The molecule has 0 spiro atoms. The van der Waals surface area contributed by atoms with E-state index in [2.05, 4.69) is 26.0 Å². The van der Waals surface area contributed by atoms with Crippen molar-refractivity contribution in [1.29, 1.82) is 0 Å². The maximum Gasteiger partial charge on any atom is 0.321 e. The van der Waals surface area contributed by atoms with Crippen molar-refractivity contribution in [3.63, 3.8) is 0 Å². The lowest BCUT2D eigenvalue weighted by atomic mass is 10.0. The van der Waals surface area contributed by atoms with Gasteiger partial charge in [0.2, 0.25) is 5.91 Å². The van der Waals surface area contributed by atoms with Gasteiger partial charge in [0.25, 0.3) is 0 Å². The topological polar surface area (TPSA) is 110 Å². The SMILES string of the molecule is COCCNc1cc(C2CNC(=O)NC2=O)nn2ccnc12. The van der Waals surface area contributed by atoms with Crippen LogP contribution in [0.15, 0.2) is 18.5 Å². The molecule has 3 rings (SSSR count). The number of hydrogen-bond acceptors (Lipinski definition) is 6. The van der Waals surface area contributed by atoms with Gasteiger partial charge in [0.15, 0.2) is 5.65 Å². The number of imidazole rings is 1. The number of hydrogen-bond donors (Lipinski definition) is 3. The van der Waals surface area contributed by atoms with Crippen molar-refractivity contribution in [1.82, 2.24) is 25.2 Å². The van der Waals surface area contributed by atoms with Crippen molar-refractivity contribution in [2.75, 3.05) is 32.1 Å². The maximum absolute atomic E-state index is 12.0. The Labute approximate surface area is 126 Å². The fraction of sp³-hybridized carbons (Fsp3) is 0.385. The second-order valence-corrected chi connectivity index (χ2v) is 4.85. The highest BCUT2D eigenvalue weighted by Crippen LogP contribution is 2.22. The highest BCUT2D eigenvalue weighted by molar-refractivity contribution is 6.00. The molecule has 9 heteroatoms. The van der Waals surface area contributed by atoms with Crippen molar-refractivity contribution < 1.29 is 14.3 Å². The first-order chi connectivity index (χ1) is 10.7. The number of carbonyl (C=O) groups is 2. The van der Waals surface area contributed by atoms with Crippen LogP contribution < -0.4 is 16.0 Å². The Hall–Kier alpha value is -2.68. The summed E-state index contributed by atoms with van der Waals surface area (Å²) in [6.07, 6.45) is 3.34. The molecule has 22 heavy (non-hydrogen) atoms. The van der Waals surface area contributed by atoms with Crippen molar-refractivity contribution in [2.45, 2.75) is 5.92 Å². The zero-order valence-electron chi connectivity index (χ0n) is 12.0. The van der Waals surface area contributed by atoms with Crippen molar-refractivity contribution >= 4 is 23.3 Å². The Morgan fingerprint density at radius 1 is 1.50 bits per heavy atom. The third-order valence-electron chi connectivity index (χ3n) is 3.38. The maximum atomic E-state index is 12.0. The number of rotatable bonds is 5. The molecule has 2 aromatic rings. The van der Waals surface area contributed by atoms with E-state index in [0.29, 0.717) is 24.5 Å². The Bertz CT molecular complexity index is 713. The number of carbonyl (C=O) groups excluding carboxylic acids is 2. The van der Waals surface area contributed by atoms with Crippen LogP contribution in [0.4, 0.5) is 10.5 Å². The summed E-state index contributed by atoms with van der Waals surface area (Å²) in [5, 5.41) is 12.5. The number of aromatic nitrogens is 3. The van der Waals surface area contributed by atoms with E-state index in [0.717, 1.165) is 5.69 Å². The average Bonchev–Trinajstić information content (AvgIpc) is 2.96. The minimum Gasteiger partial charge on any atom is -0.383 e. The van der Waals surface area contributed by atoms with Gasteiger partial charge >= 0.3 is 6.03 Å². The van der Waals surface area contributed by atoms with Crippen LogP contribution in [0.3, 0.4) is 0 Å². The monoisotopic (exact) mass is 304 g/mol. The first-order valence-electron chi connectivity index (χ1n) is 6.85. The summed E-state index contributed by atoms with van der Waals surface area (Å²) in [7, 11) is 1.62. The van der Waals surface area contributed by atoms with Gasteiger partial charge in [-0.2, -0.15) is 5.10 Å². The summed E-state index contributed by atoms with van der Waals surface area (Å²) < 4.78 is 6.62. The van der Waals surface area contributed by atoms with E-state index in [1.165, 1.54) is 0 Å². The summed E-state index contributed by atoms with van der Waals surface area (Å²) >= 11 is 0. The molecule has 9 nitrogen and oxygen atoms in total. The van der Waals surface area contributed by atoms with Gasteiger partial charge in [0.05, 0.1) is 23.9 Å². The molecule has 0 bridgehead atoms. The lowest BCUT2D eigenvalue weighted by molar-refractivity contribution is -0.122. The van der Waals surface area contributed by atoms with Crippen molar-refractivity contribution in [3.8, 4) is 0 Å². The number of ether oxygens (including phenoxy) is 1. The Kier molecular flexibility index (Phi) is 3.88. The summed E-state index contributed by atoms with van der Waals surface area (Å²) in [5.41, 5.74) is 1.99. The Balaban J connectivity index is 1.92. The van der Waals surface area contributed by atoms with E-state index in [1.807, 2.05) is 0 Å². The van der Waals surface area contributed by atoms with Gasteiger partial charge in [-0.25, -0.2) is 14.3 Å². The van der Waals surface area contributed by atoms with E-state index < -0.39 is 11.9 Å². The van der Waals surface area contributed by atoms with Gasteiger partial charge in [-0.3, -0.25) is 10.1 Å². The van der Waals surface area contributed by atoms with Crippen LogP contribution in [-0.2, 0) is 9.53 Å². The van der Waals surface area contributed by atoms with Crippen molar-refractivity contribution in [2.24, 2.45) is 0 Å². The summed E-state index contributed by atoms with van der Waals surface area (Å²) in [6.45, 7) is 1.37. The quantitative estimate of drug-likeness (QED) is 0.655. The molecule has 116 valence electrons. The molecule has 1 saturated heterocycles. The van der Waals surface area contributed by atoms with Crippen LogP contribution in [0, 0.1) is 0 Å². The van der Waals surface area contributed by atoms with Gasteiger partial charge < -0.3 is 15.4 Å². The molecule has 0 aliphatic carbocycles. The number of anilines is 1. The highest BCUT2D eigenvalue weighted by atomic mass is 16.5. The molecule has 3 amide bonds. The standard InChI is InChI=1S/C13H16N6O3/c1-22-5-3-14-10-6-9(18-19-4-2-15-11(10)19)8-7-16-13(21)17-12(8)20/h2,4,6,8,14H,3,5,7H2,1H3,(H2,16,17,20,21). The van der Waals surface area contributed by atoms with Crippen LogP contribution >= 0.6 is 0 Å². The minimum atomic E-state index is -0.535. The predicted molar refractivity (Wildman–Crippen MR) is 77.6 cm³/mol. The molecule has 1 fully saturated rings. The molecule has 1 atom stereocenters. The van der Waals surface area contributed by atoms with E-state index in [1.54, 1.807) is 30.1 Å². The first kappa shape index (κ1) is 14.3. The molecular weight excluding hydrogens is 288 g/mol. The van der Waals surface area contributed by atoms with E-state index in [-0.39, 0.29) is 12.5 Å². The predicted octanol–water partition coefficient (Wildman–Crippen LogP) is -0.289. The molecule has 3 N–H and O–H groups in total. The Morgan fingerprint density at radius 2 is 2.36 bits per heavy atom. The van der Waals surface area contributed by atoms with E-state index >= 15 is 0 Å².